The molecule has 0 spiro atoms. The summed E-state index contributed by atoms with van der Waals surface area (Å²) in [6.07, 6.45) is 0. The van der Waals surface area contributed by atoms with Crippen LogP contribution < -0.4 is 0 Å². The molecule has 0 fully saturated rings. The molecule has 6 heteroatoms. The second-order valence-electron chi connectivity index (χ2n) is 2.77. The number of Topliss-reactive ketones (excluding diaryl/α,β-unsaturated/α-hetero) is 1. The van der Waals surface area contributed by atoms with E-state index in [2.05, 4.69) is 20.7 Å². The van der Waals surface area contributed by atoms with Gasteiger partial charge in [-0.25, -0.2) is 13.6 Å². The molecule has 16 heavy (non-hydrogen) atoms. The quantitative estimate of drug-likeness (QED) is 0.372. The van der Waals surface area contributed by atoms with E-state index in [0.717, 1.165) is 12.1 Å². The molecule has 1 aromatic carbocycles. The zero-order valence-corrected chi connectivity index (χ0v) is 9.81. The lowest BCUT2D eigenvalue weighted by atomic mass is 10.1. The summed E-state index contributed by atoms with van der Waals surface area (Å²) in [6.45, 7) is 1.45. The van der Waals surface area contributed by atoms with E-state index in [1.807, 2.05) is 0 Å². The molecule has 0 bridgehead atoms. The maximum atomic E-state index is 13.4. The Kier molecular flexibility index (Phi) is 4.12. The summed E-state index contributed by atoms with van der Waals surface area (Å²) in [5, 5.41) is 0. The molecule has 0 saturated heterocycles. The summed E-state index contributed by atoms with van der Waals surface area (Å²) >= 11 is 2.79. The molecule has 0 aliphatic rings. The van der Waals surface area contributed by atoms with Crippen molar-refractivity contribution in [2.24, 2.45) is 0 Å². The summed E-state index contributed by atoms with van der Waals surface area (Å²) in [6, 6.07) is 1.99. The third kappa shape index (κ3) is 2.44. The molecule has 3 nitrogen and oxygen atoms in total. The number of carbonyl (C=O) groups is 2. The van der Waals surface area contributed by atoms with Gasteiger partial charge in [-0.2, -0.15) is 0 Å². The predicted molar refractivity (Wildman–Crippen MR) is 55.0 cm³/mol. The topological polar surface area (TPSA) is 43.4 Å². The minimum Gasteiger partial charge on any atom is -0.460 e. The molecule has 0 saturated carbocycles. The number of carbonyl (C=O) groups excluding carboxylic acids is 2. The van der Waals surface area contributed by atoms with Crippen molar-refractivity contribution in [3.05, 3.63) is 33.8 Å². The maximum Gasteiger partial charge on any atom is 0.379 e. The maximum absolute atomic E-state index is 13.4. The molecule has 1 rings (SSSR count). The van der Waals surface area contributed by atoms with Crippen LogP contribution in [0.2, 0.25) is 0 Å². The van der Waals surface area contributed by atoms with Crippen LogP contribution in [-0.4, -0.2) is 18.4 Å². The van der Waals surface area contributed by atoms with Gasteiger partial charge in [-0.1, -0.05) is 0 Å². The Bertz CT molecular complexity index is 446. The van der Waals surface area contributed by atoms with E-state index in [0.29, 0.717) is 0 Å². The minimum atomic E-state index is -1.34. The van der Waals surface area contributed by atoms with Crippen LogP contribution in [0.1, 0.15) is 17.3 Å². The smallest absolute Gasteiger partial charge is 0.379 e. The lowest BCUT2D eigenvalue weighted by Crippen LogP contribution is -2.20. The molecule has 0 aliphatic heterocycles. The standard InChI is InChI=1S/C10H7BrF2O3/c1-2-16-10(15)9(14)7-6(12)4-3-5(11)8(7)13/h3-4H,2H2,1H3. The van der Waals surface area contributed by atoms with E-state index in [4.69, 9.17) is 0 Å². The van der Waals surface area contributed by atoms with Crippen molar-refractivity contribution in [2.45, 2.75) is 6.92 Å². The van der Waals surface area contributed by atoms with Gasteiger partial charge in [-0.3, -0.25) is 4.79 Å². The van der Waals surface area contributed by atoms with Gasteiger partial charge in [0.05, 0.1) is 11.1 Å². The lowest BCUT2D eigenvalue weighted by molar-refractivity contribution is -0.137. The third-order valence-electron chi connectivity index (χ3n) is 1.73. The van der Waals surface area contributed by atoms with Crippen LogP contribution in [0.4, 0.5) is 8.78 Å². The van der Waals surface area contributed by atoms with Crippen LogP contribution in [-0.2, 0) is 9.53 Å². The van der Waals surface area contributed by atoms with E-state index < -0.39 is 29.0 Å². The van der Waals surface area contributed by atoms with Gasteiger partial charge in [0.25, 0.3) is 5.78 Å². The summed E-state index contributed by atoms with van der Waals surface area (Å²) < 4.78 is 30.9. The highest BCUT2D eigenvalue weighted by molar-refractivity contribution is 9.10. The van der Waals surface area contributed by atoms with Crippen molar-refractivity contribution in [1.29, 1.82) is 0 Å². The Hall–Kier alpha value is -1.30. The zero-order valence-electron chi connectivity index (χ0n) is 8.22. The van der Waals surface area contributed by atoms with Gasteiger partial charge < -0.3 is 4.74 Å². The van der Waals surface area contributed by atoms with Gasteiger partial charge in [-0.15, -0.1) is 0 Å². The van der Waals surface area contributed by atoms with E-state index in [1.54, 1.807) is 0 Å². The zero-order chi connectivity index (χ0) is 12.3. The molecule has 0 N–H and O–H groups in total. The van der Waals surface area contributed by atoms with Gasteiger partial charge in [-0.05, 0) is 35.0 Å². The highest BCUT2D eigenvalue weighted by Crippen LogP contribution is 2.22. The van der Waals surface area contributed by atoms with E-state index in [-0.39, 0.29) is 11.1 Å². The van der Waals surface area contributed by atoms with Gasteiger partial charge in [0.1, 0.15) is 11.4 Å². The van der Waals surface area contributed by atoms with E-state index in [9.17, 15) is 18.4 Å². The van der Waals surface area contributed by atoms with Crippen molar-refractivity contribution < 1.29 is 23.1 Å². The fourth-order valence-corrected chi connectivity index (χ4v) is 1.36. The first kappa shape index (κ1) is 12.8. The van der Waals surface area contributed by atoms with Crippen LogP contribution >= 0.6 is 15.9 Å². The average molecular weight is 293 g/mol. The Labute approximate surface area is 98.5 Å². The molecule has 1 aromatic rings. The first-order valence-electron chi connectivity index (χ1n) is 4.34. The van der Waals surface area contributed by atoms with Gasteiger partial charge in [0, 0.05) is 0 Å². The summed E-state index contributed by atoms with van der Waals surface area (Å²) in [4.78, 5) is 22.4. The number of ether oxygens (including phenoxy) is 1. The molecule has 0 amide bonds. The fraction of sp³-hybridized carbons (Fsp3) is 0.200. The van der Waals surface area contributed by atoms with Crippen LogP contribution in [0.25, 0.3) is 0 Å². The number of esters is 1. The molecular weight excluding hydrogens is 286 g/mol. The Morgan fingerprint density at radius 1 is 1.38 bits per heavy atom. The van der Waals surface area contributed by atoms with Crippen molar-refractivity contribution in [3.8, 4) is 0 Å². The number of benzene rings is 1. The Morgan fingerprint density at radius 3 is 2.56 bits per heavy atom. The Morgan fingerprint density at radius 2 is 2.00 bits per heavy atom. The number of halogens is 3. The highest BCUT2D eigenvalue weighted by atomic mass is 79.9. The summed E-state index contributed by atoms with van der Waals surface area (Å²) in [7, 11) is 0. The molecule has 0 aliphatic carbocycles. The van der Waals surface area contributed by atoms with Gasteiger partial charge in [0.2, 0.25) is 0 Å². The highest BCUT2D eigenvalue weighted by Gasteiger charge is 2.26. The second kappa shape index (κ2) is 5.16. The molecule has 86 valence electrons. The number of rotatable bonds is 3. The van der Waals surface area contributed by atoms with Crippen molar-refractivity contribution >= 4 is 27.7 Å². The molecule has 0 heterocycles. The lowest BCUT2D eigenvalue weighted by Gasteiger charge is -2.04. The number of hydrogen-bond donors (Lipinski definition) is 0. The average Bonchev–Trinajstić information content (AvgIpc) is 2.24. The normalized spacial score (nSPS) is 10.0. The largest absolute Gasteiger partial charge is 0.460 e. The van der Waals surface area contributed by atoms with Crippen LogP contribution in [0.15, 0.2) is 16.6 Å². The van der Waals surface area contributed by atoms with Crippen molar-refractivity contribution in [3.63, 3.8) is 0 Å². The number of hydrogen-bond acceptors (Lipinski definition) is 3. The monoisotopic (exact) mass is 292 g/mol. The third-order valence-corrected chi connectivity index (χ3v) is 2.34. The summed E-state index contributed by atoms with van der Waals surface area (Å²) in [5.41, 5.74) is -0.909. The van der Waals surface area contributed by atoms with E-state index >= 15 is 0 Å². The Balaban J connectivity index is 3.18. The van der Waals surface area contributed by atoms with Crippen molar-refractivity contribution in [2.75, 3.05) is 6.61 Å². The summed E-state index contributed by atoms with van der Waals surface area (Å²) in [5.74, 6) is -4.83. The molecule has 0 unspecified atom stereocenters. The predicted octanol–water partition coefficient (Wildman–Crippen LogP) is 2.47. The molecule has 0 radical (unpaired) electrons. The minimum absolute atomic E-state index is 0.0399. The second-order valence-corrected chi connectivity index (χ2v) is 3.62. The first-order chi connectivity index (χ1) is 7.49. The fourth-order valence-electron chi connectivity index (χ4n) is 1.03. The first-order valence-corrected chi connectivity index (χ1v) is 5.13. The van der Waals surface area contributed by atoms with E-state index in [1.165, 1.54) is 6.92 Å². The molecule has 0 atom stereocenters. The van der Waals surface area contributed by atoms with Gasteiger partial charge in [0.15, 0.2) is 5.82 Å². The molecular formula is C10H7BrF2O3. The SMILES string of the molecule is CCOC(=O)C(=O)c1c(F)ccc(Br)c1F. The number of ketones is 1. The van der Waals surface area contributed by atoms with Crippen LogP contribution in [0.5, 0.6) is 0 Å². The molecule has 0 aromatic heterocycles. The van der Waals surface area contributed by atoms with Crippen LogP contribution in [0, 0.1) is 11.6 Å². The van der Waals surface area contributed by atoms with Crippen LogP contribution in [0.3, 0.4) is 0 Å². The van der Waals surface area contributed by atoms with Crippen molar-refractivity contribution in [1.82, 2.24) is 0 Å². The van der Waals surface area contributed by atoms with Gasteiger partial charge >= 0.3 is 5.97 Å².